The van der Waals surface area contributed by atoms with Crippen molar-refractivity contribution in [3.8, 4) is 5.88 Å². The molecule has 0 aromatic carbocycles. The zero-order valence-electron chi connectivity index (χ0n) is 12.3. The van der Waals surface area contributed by atoms with Gasteiger partial charge in [0.2, 0.25) is 5.88 Å². The van der Waals surface area contributed by atoms with E-state index in [0.29, 0.717) is 11.8 Å². The van der Waals surface area contributed by atoms with Crippen LogP contribution in [0.4, 0.5) is 5.82 Å². The summed E-state index contributed by atoms with van der Waals surface area (Å²) in [5.41, 5.74) is 0.883. The standard InChI is InChI=1S/C14H23N3O3/c1-4-11(5-6-12(18)19)7-8-15-13-10(2)14(20-3)17-9-16-13/h9,11H,4-8H2,1-3H3,(H,18,19)(H,15,16,17). The summed E-state index contributed by atoms with van der Waals surface area (Å²) in [5, 5.41) is 12.0. The second kappa shape index (κ2) is 8.35. The van der Waals surface area contributed by atoms with Gasteiger partial charge in [-0.1, -0.05) is 13.3 Å². The molecule has 0 bridgehead atoms. The molecule has 1 atom stereocenters. The maximum absolute atomic E-state index is 10.6. The van der Waals surface area contributed by atoms with E-state index in [1.807, 2.05) is 6.92 Å². The van der Waals surface area contributed by atoms with E-state index in [2.05, 4.69) is 22.2 Å². The van der Waals surface area contributed by atoms with Crippen LogP contribution in [0, 0.1) is 12.8 Å². The average Bonchev–Trinajstić information content (AvgIpc) is 2.44. The van der Waals surface area contributed by atoms with Gasteiger partial charge in [0.25, 0.3) is 0 Å². The Hall–Kier alpha value is -1.85. The van der Waals surface area contributed by atoms with Crippen molar-refractivity contribution in [3.63, 3.8) is 0 Å². The number of carboxylic acids is 1. The normalized spacial score (nSPS) is 11.9. The fourth-order valence-electron chi connectivity index (χ4n) is 2.09. The van der Waals surface area contributed by atoms with Gasteiger partial charge in [0.05, 0.1) is 12.7 Å². The lowest BCUT2D eigenvalue weighted by Crippen LogP contribution is -2.12. The molecular formula is C14H23N3O3. The first kappa shape index (κ1) is 16.2. The van der Waals surface area contributed by atoms with Crippen LogP contribution in [0.1, 0.15) is 38.2 Å². The molecular weight excluding hydrogens is 258 g/mol. The maximum atomic E-state index is 10.6. The van der Waals surface area contributed by atoms with Crippen LogP contribution in [0.2, 0.25) is 0 Å². The van der Waals surface area contributed by atoms with Crippen molar-refractivity contribution >= 4 is 11.8 Å². The first-order chi connectivity index (χ1) is 9.58. The van der Waals surface area contributed by atoms with Crippen LogP contribution < -0.4 is 10.1 Å². The molecule has 6 nitrogen and oxygen atoms in total. The Balaban J connectivity index is 2.44. The van der Waals surface area contributed by atoms with E-state index in [-0.39, 0.29) is 6.42 Å². The molecule has 20 heavy (non-hydrogen) atoms. The van der Waals surface area contributed by atoms with Gasteiger partial charge >= 0.3 is 5.97 Å². The Bertz CT molecular complexity index is 438. The van der Waals surface area contributed by atoms with Crippen molar-refractivity contribution < 1.29 is 14.6 Å². The van der Waals surface area contributed by atoms with Crippen LogP contribution in [0.5, 0.6) is 5.88 Å². The molecule has 2 N–H and O–H groups in total. The molecule has 1 aromatic heterocycles. The minimum absolute atomic E-state index is 0.235. The van der Waals surface area contributed by atoms with Crippen LogP contribution in [0.15, 0.2) is 6.33 Å². The molecule has 112 valence electrons. The number of hydrogen-bond donors (Lipinski definition) is 2. The predicted molar refractivity (Wildman–Crippen MR) is 77.1 cm³/mol. The number of rotatable bonds is 9. The second-order valence-electron chi connectivity index (χ2n) is 4.78. The van der Waals surface area contributed by atoms with E-state index < -0.39 is 5.97 Å². The molecule has 1 heterocycles. The smallest absolute Gasteiger partial charge is 0.303 e. The molecule has 6 heteroatoms. The number of anilines is 1. The van der Waals surface area contributed by atoms with Crippen molar-refractivity contribution in [1.82, 2.24) is 9.97 Å². The van der Waals surface area contributed by atoms with E-state index in [9.17, 15) is 4.79 Å². The Kier molecular flexibility index (Phi) is 6.76. The van der Waals surface area contributed by atoms with Gasteiger partial charge in [0.1, 0.15) is 12.1 Å². The highest BCUT2D eigenvalue weighted by molar-refractivity contribution is 5.66. The van der Waals surface area contributed by atoms with Crippen LogP contribution in [0.25, 0.3) is 0 Å². The molecule has 0 radical (unpaired) electrons. The third-order valence-corrected chi connectivity index (χ3v) is 3.42. The van der Waals surface area contributed by atoms with Crippen molar-refractivity contribution in [2.75, 3.05) is 19.0 Å². The highest BCUT2D eigenvalue weighted by Gasteiger charge is 2.10. The van der Waals surface area contributed by atoms with Crippen LogP contribution in [-0.2, 0) is 4.79 Å². The lowest BCUT2D eigenvalue weighted by molar-refractivity contribution is -0.137. The summed E-state index contributed by atoms with van der Waals surface area (Å²) in [5.74, 6) is 1.03. The summed E-state index contributed by atoms with van der Waals surface area (Å²) in [4.78, 5) is 18.8. The Morgan fingerprint density at radius 1 is 1.45 bits per heavy atom. The number of aliphatic carboxylic acids is 1. The number of carboxylic acid groups (broad SMARTS) is 1. The predicted octanol–water partition coefficient (Wildman–Crippen LogP) is 2.49. The van der Waals surface area contributed by atoms with Crippen LogP contribution in [-0.4, -0.2) is 34.7 Å². The van der Waals surface area contributed by atoms with Crippen molar-refractivity contribution in [3.05, 3.63) is 11.9 Å². The highest BCUT2D eigenvalue weighted by atomic mass is 16.5. The fourth-order valence-corrected chi connectivity index (χ4v) is 2.09. The average molecular weight is 281 g/mol. The highest BCUT2D eigenvalue weighted by Crippen LogP contribution is 2.21. The number of nitrogens with one attached hydrogen (secondary N) is 1. The molecule has 0 saturated heterocycles. The van der Waals surface area contributed by atoms with Gasteiger partial charge in [-0.15, -0.1) is 0 Å². The number of nitrogens with zero attached hydrogens (tertiary/aromatic N) is 2. The summed E-state index contributed by atoms with van der Waals surface area (Å²) >= 11 is 0. The maximum Gasteiger partial charge on any atom is 0.303 e. The minimum atomic E-state index is -0.729. The Morgan fingerprint density at radius 2 is 2.20 bits per heavy atom. The zero-order valence-corrected chi connectivity index (χ0v) is 12.3. The van der Waals surface area contributed by atoms with Crippen molar-refractivity contribution in [1.29, 1.82) is 0 Å². The first-order valence-electron chi connectivity index (χ1n) is 6.89. The summed E-state index contributed by atoms with van der Waals surface area (Å²) in [7, 11) is 1.58. The van der Waals surface area contributed by atoms with Gasteiger partial charge in [0.15, 0.2) is 0 Å². The second-order valence-corrected chi connectivity index (χ2v) is 4.78. The lowest BCUT2D eigenvalue weighted by atomic mass is 9.96. The van der Waals surface area contributed by atoms with Crippen molar-refractivity contribution in [2.24, 2.45) is 5.92 Å². The molecule has 1 rings (SSSR count). The molecule has 0 saturated carbocycles. The van der Waals surface area contributed by atoms with Gasteiger partial charge < -0.3 is 15.2 Å². The monoisotopic (exact) mass is 281 g/mol. The third kappa shape index (κ3) is 5.03. The molecule has 0 aliphatic heterocycles. The fraction of sp³-hybridized carbons (Fsp3) is 0.643. The number of ether oxygens (including phenoxy) is 1. The van der Waals surface area contributed by atoms with E-state index in [0.717, 1.165) is 37.2 Å². The van der Waals surface area contributed by atoms with E-state index in [1.54, 1.807) is 7.11 Å². The van der Waals surface area contributed by atoms with Gasteiger partial charge in [-0.05, 0) is 25.7 Å². The van der Waals surface area contributed by atoms with Gasteiger partial charge in [-0.3, -0.25) is 4.79 Å². The van der Waals surface area contributed by atoms with Gasteiger partial charge in [-0.2, -0.15) is 0 Å². The summed E-state index contributed by atoms with van der Waals surface area (Å²) in [6, 6.07) is 0. The molecule has 0 fully saturated rings. The van der Waals surface area contributed by atoms with Gasteiger partial charge in [-0.25, -0.2) is 9.97 Å². The zero-order chi connectivity index (χ0) is 15.0. The third-order valence-electron chi connectivity index (χ3n) is 3.42. The molecule has 0 aliphatic carbocycles. The molecule has 0 spiro atoms. The lowest BCUT2D eigenvalue weighted by Gasteiger charge is -2.15. The number of carbonyl (C=O) groups is 1. The van der Waals surface area contributed by atoms with E-state index in [1.165, 1.54) is 6.33 Å². The summed E-state index contributed by atoms with van der Waals surface area (Å²) < 4.78 is 5.14. The van der Waals surface area contributed by atoms with E-state index >= 15 is 0 Å². The quantitative estimate of drug-likeness (QED) is 0.723. The number of aromatic nitrogens is 2. The molecule has 1 unspecified atom stereocenters. The molecule has 0 amide bonds. The van der Waals surface area contributed by atoms with Gasteiger partial charge in [0, 0.05) is 13.0 Å². The Labute approximate surface area is 119 Å². The molecule has 0 aliphatic rings. The number of methoxy groups -OCH3 is 1. The SMILES string of the molecule is CCC(CCNc1ncnc(OC)c1C)CCC(=O)O. The summed E-state index contributed by atoms with van der Waals surface area (Å²) in [6.45, 7) is 4.76. The topological polar surface area (TPSA) is 84.3 Å². The minimum Gasteiger partial charge on any atom is -0.481 e. The largest absolute Gasteiger partial charge is 0.481 e. The number of hydrogen-bond acceptors (Lipinski definition) is 5. The summed E-state index contributed by atoms with van der Waals surface area (Å²) in [6.07, 6.45) is 4.34. The van der Waals surface area contributed by atoms with Crippen LogP contribution in [0.3, 0.4) is 0 Å². The molecule has 1 aromatic rings. The first-order valence-corrected chi connectivity index (χ1v) is 6.89. The van der Waals surface area contributed by atoms with Crippen LogP contribution >= 0.6 is 0 Å². The van der Waals surface area contributed by atoms with E-state index in [4.69, 9.17) is 9.84 Å². The van der Waals surface area contributed by atoms with Crippen molar-refractivity contribution in [2.45, 2.75) is 39.5 Å². The Morgan fingerprint density at radius 3 is 2.80 bits per heavy atom.